The van der Waals surface area contributed by atoms with Crippen molar-refractivity contribution in [1.82, 2.24) is 5.32 Å². The minimum absolute atomic E-state index is 0.0461. The summed E-state index contributed by atoms with van der Waals surface area (Å²) >= 11 is 0. The van der Waals surface area contributed by atoms with Gasteiger partial charge in [0.15, 0.2) is 6.10 Å². The van der Waals surface area contributed by atoms with E-state index in [1.165, 1.54) is 19.1 Å². The van der Waals surface area contributed by atoms with Crippen molar-refractivity contribution < 1.29 is 19.2 Å². The molecule has 0 heterocycles. The monoisotopic (exact) mass is 336 g/mol. The zero-order valence-electron chi connectivity index (χ0n) is 14.7. The molecule has 1 atom stereocenters. The predicted octanol–water partition coefficient (Wildman–Crippen LogP) is 2.96. The first kappa shape index (κ1) is 19.6. The SMILES string of the molecule is CCCNC(=O)C(C)OC(=O)c1ccc(C(C)(C)C)c([N+](=O)[O-])c1. The number of ether oxygens (including phenoxy) is 1. The van der Waals surface area contributed by atoms with Crippen LogP contribution in [0.4, 0.5) is 5.69 Å². The van der Waals surface area contributed by atoms with Crippen LogP contribution in [0.1, 0.15) is 57.0 Å². The van der Waals surface area contributed by atoms with Crippen molar-refractivity contribution in [3.63, 3.8) is 0 Å². The Labute approximate surface area is 141 Å². The van der Waals surface area contributed by atoms with Gasteiger partial charge in [-0.3, -0.25) is 14.9 Å². The van der Waals surface area contributed by atoms with Crippen molar-refractivity contribution >= 4 is 17.6 Å². The highest BCUT2D eigenvalue weighted by Gasteiger charge is 2.27. The number of nitrogens with zero attached hydrogens (tertiary/aromatic N) is 1. The summed E-state index contributed by atoms with van der Waals surface area (Å²) in [6.07, 6.45) is -0.197. The van der Waals surface area contributed by atoms with Crippen LogP contribution in [0.15, 0.2) is 18.2 Å². The van der Waals surface area contributed by atoms with E-state index in [-0.39, 0.29) is 11.3 Å². The molecule has 0 bridgehead atoms. The number of hydrogen-bond acceptors (Lipinski definition) is 5. The molecule has 1 rings (SSSR count). The average molecular weight is 336 g/mol. The van der Waals surface area contributed by atoms with Gasteiger partial charge in [0.25, 0.3) is 11.6 Å². The van der Waals surface area contributed by atoms with Crippen molar-refractivity contribution in [1.29, 1.82) is 0 Å². The fraction of sp³-hybridized carbons (Fsp3) is 0.529. The minimum atomic E-state index is -0.967. The first-order valence-corrected chi connectivity index (χ1v) is 7.85. The summed E-state index contributed by atoms with van der Waals surface area (Å²) in [6.45, 7) is 9.43. The molecule has 0 aliphatic rings. The third kappa shape index (κ3) is 5.04. The second-order valence-corrected chi connectivity index (χ2v) is 6.58. The number of nitrogens with one attached hydrogen (secondary N) is 1. The van der Waals surface area contributed by atoms with Crippen LogP contribution in [0.5, 0.6) is 0 Å². The molecule has 7 heteroatoms. The largest absolute Gasteiger partial charge is 0.449 e. The van der Waals surface area contributed by atoms with E-state index >= 15 is 0 Å². The van der Waals surface area contributed by atoms with Gasteiger partial charge in [0.05, 0.1) is 10.5 Å². The Hall–Kier alpha value is -2.44. The lowest BCUT2D eigenvalue weighted by molar-refractivity contribution is -0.386. The van der Waals surface area contributed by atoms with Crippen molar-refractivity contribution in [2.75, 3.05) is 6.54 Å². The number of amides is 1. The Kier molecular flexibility index (Phi) is 6.45. The molecular formula is C17H24N2O5. The Morgan fingerprint density at radius 1 is 1.33 bits per heavy atom. The van der Waals surface area contributed by atoms with Crippen molar-refractivity contribution in [3.8, 4) is 0 Å². The molecule has 0 fully saturated rings. The maximum Gasteiger partial charge on any atom is 0.339 e. The Morgan fingerprint density at radius 2 is 1.96 bits per heavy atom. The van der Waals surface area contributed by atoms with E-state index in [0.717, 1.165) is 6.42 Å². The smallest absolute Gasteiger partial charge is 0.339 e. The number of nitro benzene ring substituents is 1. The van der Waals surface area contributed by atoms with E-state index in [4.69, 9.17) is 4.74 Å². The Balaban J connectivity index is 2.98. The van der Waals surface area contributed by atoms with Gasteiger partial charge >= 0.3 is 5.97 Å². The van der Waals surface area contributed by atoms with E-state index in [0.29, 0.717) is 12.1 Å². The minimum Gasteiger partial charge on any atom is -0.449 e. The van der Waals surface area contributed by atoms with Gasteiger partial charge in [-0.15, -0.1) is 0 Å². The summed E-state index contributed by atoms with van der Waals surface area (Å²) in [5.41, 5.74) is 0.000652. The van der Waals surface area contributed by atoms with E-state index < -0.39 is 28.3 Å². The first-order chi connectivity index (χ1) is 11.1. The summed E-state index contributed by atoms with van der Waals surface area (Å²) in [5, 5.41) is 13.9. The number of rotatable bonds is 6. The average Bonchev–Trinajstić information content (AvgIpc) is 2.50. The van der Waals surface area contributed by atoms with Crippen molar-refractivity contribution in [2.24, 2.45) is 0 Å². The standard InChI is InChI=1S/C17H24N2O5/c1-6-9-18-15(20)11(2)24-16(21)12-7-8-13(17(3,4)5)14(10-12)19(22)23/h7-8,10-11H,6,9H2,1-5H3,(H,18,20). The van der Waals surface area contributed by atoms with Crippen LogP contribution in [0.2, 0.25) is 0 Å². The molecule has 0 saturated carbocycles. The lowest BCUT2D eigenvalue weighted by Gasteiger charge is -2.19. The number of carbonyl (C=O) groups excluding carboxylic acids is 2. The van der Waals surface area contributed by atoms with Gasteiger partial charge in [0, 0.05) is 18.2 Å². The molecule has 1 amide bonds. The fourth-order valence-corrected chi connectivity index (χ4v) is 2.12. The second kappa shape index (κ2) is 7.90. The summed E-state index contributed by atoms with van der Waals surface area (Å²) in [4.78, 5) is 34.6. The molecule has 0 saturated heterocycles. The highest BCUT2D eigenvalue weighted by atomic mass is 16.6. The van der Waals surface area contributed by atoms with E-state index in [1.54, 1.807) is 6.07 Å². The third-order valence-electron chi connectivity index (χ3n) is 3.44. The molecule has 132 valence electrons. The van der Waals surface area contributed by atoms with Gasteiger partial charge < -0.3 is 10.1 Å². The van der Waals surface area contributed by atoms with Crippen LogP contribution in [-0.4, -0.2) is 29.4 Å². The molecule has 0 spiro atoms. The second-order valence-electron chi connectivity index (χ2n) is 6.58. The summed E-state index contributed by atoms with van der Waals surface area (Å²) in [6, 6.07) is 4.22. The molecule has 0 aromatic heterocycles. The normalized spacial score (nSPS) is 12.4. The van der Waals surface area contributed by atoms with Crippen LogP contribution in [0.25, 0.3) is 0 Å². The zero-order chi connectivity index (χ0) is 18.5. The van der Waals surface area contributed by atoms with Crippen LogP contribution in [0.3, 0.4) is 0 Å². The zero-order valence-corrected chi connectivity index (χ0v) is 14.7. The molecule has 0 aliphatic heterocycles. The summed E-state index contributed by atoms with van der Waals surface area (Å²) in [7, 11) is 0. The van der Waals surface area contributed by atoms with Gasteiger partial charge in [-0.25, -0.2) is 4.79 Å². The van der Waals surface area contributed by atoms with Crippen LogP contribution in [0, 0.1) is 10.1 Å². The molecule has 1 aromatic carbocycles. The quantitative estimate of drug-likeness (QED) is 0.489. The Bertz CT molecular complexity index is 634. The number of carbonyl (C=O) groups is 2. The molecule has 24 heavy (non-hydrogen) atoms. The van der Waals surface area contributed by atoms with Crippen LogP contribution in [-0.2, 0) is 14.9 Å². The highest BCUT2D eigenvalue weighted by Crippen LogP contribution is 2.32. The molecule has 1 unspecified atom stereocenters. The predicted molar refractivity (Wildman–Crippen MR) is 90.0 cm³/mol. The molecule has 1 N–H and O–H groups in total. The van der Waals surface area contributed by atoms with E-state index in [1.807, 2.05) is 27.7 Å². The molecule has 0 radical (unpaired) electrons. The van der Waals surface area contributed by atoms with Crippen LogP contribution >= 0.6 is 0 Å². The van der Waals surface area contributed by atoms with Gasteiger partial charge in [-0.2, -0.15) is 0 Å². The molecule has 1 aromatic rings. The van der Waals surface area contributed by atoms with E-state index in [9.17, 15) is 19.7 Å². The van der Waals surface area contributed by atoms with Crippen molar-refractivity contribution in [2.45, 2.75) is 52.6 Å². The van der Waals surface area contributed by atoms with Crippen LogP contribution < -0.4 is 5.32 Å². The highest BCUT2D eigenvalue weighted by molar-refractivity contribution is 5.93. The maximum absolute atomic E-state index is 12.1. The number of benzene rings is 1. The third-order valence-corrected chi connectivity index (χ3v) is 3.44. The molecular weight excluding hydrogens is 312 g/mol. The van der Waals surface area contributed by atoms with Gasteiger partial charge in [-0.05, 0) is 24.8 Å². The van der Waals surface area contributed by atoms with Crippen molar-refractivity contribution in [3.05, 3.63) is 39.4 Å². The summed E-state index contributed by atoms with van der Waals surface area (Å²) < 4.78 is 5.08. The number of nitro groups is 1. The first-order valence-electron chi connectivity index (χ1n) is 7.85. The molecule has 7 nitrogen and oxygen atoms in total. The Morgan fingerprint density at radius 3 is 2.46 bits per heavy atom. The lowest BCUT2D eigenvalue weighted by Crippen LogP contribution is -2.36. The van der Waals surface area contributed by atoms with Gasteiger partial charge in [-0.1, -0.05) is 33.8 Å². The topological polar surface area (TPSA) is 98.5 Å². The molecule has 0 aliphatic carbocycles. The van der Waals surface area contributed by atoms with Gasteiger partial charge in [0.2, 0.25) is 0 Å². The van der Waals surface area contributed by atoms with E-state index in [2.05, 4.69) is 5.32 Å². The number of esters is 1. The fourth-order valence-electron chi connectivity index (χ4n) is 2.12. The lowest BCUT2D eigenvalue weighted by atomic mass is 9.85. The van der Waals surface area contributed by atoms with Gasteiger partial charge in [0.1, 0.15) is 0 Å². The maximum atomic E-state index is 12.1. The summed E-state index contributed by atoms with van der Waals surface area (Å²) in [5.74, 6) is -1.16. The number of hydrogen-bond donors (Lipinski definition) is 1.